The minimum atomic E-state index is -0.818. The van der Waals surface area contributed by atoms with Crippen LogP contribution in [0.25, 0.3) is 0 Å². The van der Waals surface area contributed by atoms with Gasteiger partial charge in [-0.05, 0) is 19.3 Å². The van der Waals surface area contributed by atoms with Crippen LogP contribution in [0.15, 0.2) is 0 Å². The fourth-order valence-electron chi connectivity index (χ4n) is 2.45. The second-order valence-electron chi connectivity index (χ2n) is 5.09. The highest BCUT2D eigenvalue weighted by molar-refractivity contribution is 5.81. The molecule has 3 N–H and O–H groups in total. The highest BCUT2D eigenvalue weighted by Gasteiger charge is 2.40. The summed E-state index contributed by atoms with van der Waals surface area (Å²) < 4.78 is 0. The SMILES string of the molecule is CC(C)C(CN)C(=O)N1CCC(C(=O)O)C1C. The van der Waals surface area contributed by atoms with Gasteiger partial charge < -0.3 is 15.7 Å². The van der Waals surface area contributed by atoms with Gasteiger partial charge in [-0.3, -0.25) is 9.59 Å². The quantitative estimate of drug-likeness (QED) is 0.753. The average Bonchev–Trinajstić information content (AvgIpc) is 2.60. The van der Waals surface area contributed by atoms with E-state index in [9.17, 15) is 9.59 Å². The summed E-state index contributed by atoms with van der Waals surface area (Å²) in [6.07, 6.45) is 0.539. The van der Waals surface area contributed by atoms with Crippen molar-refractivity contribution in [1.82, 2.24) is 4.90 Å². The molecule has 1 aliphatic rings. The number of amides is 1. The smallest absolute Gasteiger partial charge is 0.308 e. The van der Waals surface area contributed by atoms with Crippen molar-refractivity contribution in [3.8, 4) is 0 Å². The molecule has 1 rings (SSSR count). The maximum absolute atomic E-state index is 12.2. The van der Waals surface area contributed by atoms with Crippen LogP contribution in [0.5, 0.6) is 0 Å². The molecular formula is C12H22N2O3. The zero-order valence-corrected chi connectivity index (χ0v) is 10.7. The second kappa shape index (κ2) is 5.49. The summed E-state index contributed by atoms with van der Waals surface area (Å²) in [4.78, 5) is 24.9. The van der Waals surface area contributed by atoms with Crippen molar-refractivity contribution in [1.29, 1.82) is 0 Å². The zero-order valence-electron chi connectivity index (χ0n) is 10.7. The molecule has 17 heavy (non-hydrogen) atoms. The first kappa shape index (κ1) is 14.0. The summed E-state index contributed by atoms with van der Waals surface area (Å²) in [5, 5.41) is 9.03. The molecule has 3 unspecified atom stereocenters. The number of hydrogen-bond acceptors (Lipinski definition) is 3. The van der Waals surface area contributed by atoms with E-state index in [0.717, 1.165) is 0 Å². The number of carboxylic acid groups (broad SMARTS) is 1. The average molecular weight is 242 g/mol. The Morgan fingerprint density at radius 1 is 1.47 bits per heavy atom. The predicted molar refractivity (Wildman–Crippen MR) is 64.3 cm³/mol. The molecule has 0 aliphatic carbocycles. The summed E-state index contributed by atoms with van der Waals surface area (Å²) >= 11 is 0. The Morgan fingerprint density at radius 3 is 2.41 bits per heavy atom. The lowest BCUT2D eigenvalue weighted by molar-refractivity contribution is -0.143. The minimum Gasteiger partial charge on any atom is -0.481 e. The van der Waals surface area contributed by atoms with Crippen LogP contribution in [0.1, 0.15) is 27.2 Å². The number of aliphatic carboxylic acids is 1. The molecule has 1 fully saturated rings. The van der Waals surface area contributed by atoms with Gasteiger partial charge in [-0.1, -0.05) is 13.8 Å². The third kappa shape index (κ3) is 2.77. The molecule has 98 valence electrons. The Hall–Kier alpha value is -1.10. The van der Waals surface area contributed by atoms with Gasteiger partial charge in [-0.15, -0.1) is 0 Å². The molecule has 1 amide bonds. The van der Waals surface area contributed by atoms with E-state index in [-0.39, 0.29) is 23.8 Å². The van der Waals surface area contributed by atoms with Gasteiger partial charge in [0, 0.05) is 19.1 Å². The van der Waals surface area contributed by atoms with Crippen molar-refractivity contribution in [2.75, 3.05) is 13.1 Å². The third-order valence-electron chi connectivity index (χ3n) is 3.73. The Labute approximate surface area is 102 Å². The first-order valence-electron chi connectivity index (χ1n) is 6.13. The van der Waals surface area contributed by atoms with Gasteiger partial charge in [0.15, 0.2) is 0 Å². The molecule has 0 aromatic heterocycles. The van der Waals surface area contributed by atoms with Crippen molar-refractivity contribution >= 4 is 11.9 Å². The lowest BCUT2D eigenvalue weighted by atomic mass is 9.94. The summed E-state index contributed by atoms with van der Waals surface area (Å²) in [6.45, 7) is 6.57. The van der Waals surface area contributed by atoms with Crippen LogP contribution in [0.2, 0.25) is 0 Å². The molecule has 0 bridgehead atoms. The number of likely N-dealkylation sites (tertiary alicyclic amines) is 1. The molecule has 0 aromatic carbocycles. The number of carbonyl (C=O) groups excluding carboxylic acids is 1. The number of nitrogens with two attached hydrogens (primary N) is 1. The molecule has 5 nitrogen and oxygen atoms in total. The van der Waals surface area contributed by atoms with Crippen LogP contribution in [0.3, 0.4) is 0 Å². The molecule has 0 saturated carbocycles. The highest BCUT2D eigenvalue weighted by atomic mass is 16.4. The molecular weight excluding hydrogens is 220 g/mol. The van der Waals surface area contributed by atoms with Gasteiger partial charge in [0.25, 0.3) is 0 Å². The van der Waals surface area contributed by atoms with Crippen LogP contribution < -0.4 is 5.73 Å². The van der Waals surface area contributed by atoms with Crippen LogP contribution in [-0.4, -0.2) is 41.0 Å². The Balaban J connectivity index is 2.75. The van der Waals surface area contributed by atoms with Gasteiger partial charge >= 0.3 is 5.97 Å². The molecule has 3 atom stereocenters. The maximum Gasteiger partial charge on any atom is 0.308 e. The monoisotopic (exact) mass is 242 g/mol. The van der Waals surface area contributed by atoms with E-state index in [1.165, 1.54) is 0 Å². The largest absolute Gasteiger partial charge is 0.481 e. The zero-order chi connectivity index (χ0) is 13.2. The third-order valence-corrected chi connectivity index (χ3v) is 3.73. The standard InChI is InChI=1S/C12H22N2O3/c1-7(2)10(6-13)11(15)14-5-4-9(8(14)3)12(16)17/h7-10H,4-6,13H2,1-3H3,(H,16,17). The number of carbonyl (C=O) groups is 2. The maximum atomic E-state index is 12.2. The molecule has 0 spiro atoms. The topological polar surface area (TPSA) is 83.6 Å². The van der Waals surface area contributed by atoms with E-state index in [4.69, 9.17) is 10.8 Å². The molecule has 0 aromatic rings. The Kier molecular flexibility index (Phi) is 4.51. The minimum absolute atomic E-state index is 0.00116. The van der Waals surface area contributed by atoms with Crippen LogP contribution in [0, 0.1) is 17.8 Å². The Morgan fingerprint density at radius 2 is 2.06 bits per heavy atom. The number of rotatable bonds is 4. The van der Waals surface area contributed by atoms with Gasteiger partial charge in [0.2, 0.25) is 5.91 Å². The van der Waals surface area contributed by atoms with Crippen LogP contribution >= 0.6 is 0 Å². The fraction of sp³-hybridized carbons (Fsp3) is 0.833. The van der Waals surface area contributed by atoms with Gasteiger partial charge in [0.1, 0.15) is 0 Å². The van der Waals surface area contributed by atoms with E-state index in [0.29, 0.717) is 19.5 Å². The van der Waals surface area contributed by atoms with E-state index >= 15 is 0 Å². The summed E-state index contributed by atoms with van der Waals surface area (Å²) in [5.41, 5.74) is 5.62. The van der Waals surface area contributed by atoms with Crippen LogP contribution in [0.4, 0.5) is 0 Å². The summed E-state index contributed by atoms with van der Waals surface area (Å²) in [5.74, 6) is -1.28. The predicted octanol–water partition coefficient (Wildman–Crippen LogP) is 0.539. The molecule has 0 radical (unpaired) electrons. The highest BCUT2D eigenvalue weighted by Crippen LogP contribution is 2.27. The van der Waals surface area contributed by atoms with Crippen molar-refractivity contribution < 1.29 is 14.7 Å². The molecule has 5 heteroatoms. The normalized spacial score (nSPS) is 26.3. The number of carboxylic acids is 1. The van der Waals surface area contributed by atoms with Crippen molar-refractivity contribution in [3.63, 3.8) is 0 Å². The van der Waals surface area contributed by atoms with Crippen molar-refractivity contribution in [2.24, 2.45) is 23.5 Å². The number of hydrogen-bond donors (Lipinski definition) is 2. The lowest BCUT2D eigenvalue weighted by Crippen LogP contribution is -2.44. The summed E-state index contributed by atoms with van der Waals surface area (Å²) in [6, 6.07) is -0.229. The van der Waals surface area contributed by atoms with Gasteiger partial charge in [-0.2, -0.15) is 0 Å². The summed E-state index contributed by atoms with van der Waals surface area (Å²) in [7, 11) is 0. The van der Waals surface area contributed by atoms with Crippen molar-refractivity contribution in [2.45, 2.75) is 33.2 Å². The van der Waals surface area contributed by atoms with E-state index in [1.54, 1.807) is 11.8 Å². The first-order chi connectivity index (χ1) is 7.90. The molecule has 1 aliphatic heterocycles. The second-order valence-corrected chi connectivity index (χ2v) is 5.09. The molecule has 1 heterocycles. The Bertz CT molecular complexity index is 304. The van der Waals surface area contributed by atoms with Gasteiger partial charge in [0.05, 0.1) is 11.8 Å². The van der Waals surface area contributed by atoms with E-state index < -0.39 is 11.9 Å². The molecule has 1 saturated heterocycles. The lowest BCUT2D eigenvalue weighted by Gasteiger charge is -2.29. The number of nitrogens with zero attached hydrogens (tertiary/aromatic N) is 1. The van der Waals surface area contributed by atoms with Gasteiger partial charge in [-0.25, -0.2) is 0 Å². The fourth-order valence-corrected chi connectivity index (χ4v) is 2.45. The van der Waals surface area contributed by atoms with E-state index in [2.05, 4.69) is 0 Å². The van der Waals surface area contributed by atoms with E-state index in [1.807, 2.05) is 13.8 Å². The van der Waals surface area contributed by atoms with Crippen LogP contribution in [-0.2, 0) is 9.59 Å². The van der Waals surface area contributed by atoms with Crippen molar-refractivity contribution in [3.05, 3.63) is 0 Å². The first-order valence-corrected chi connectivity index (χ1v) is 6.13.